The lowest BCUT2D eigenvalue weighted by Crippen LogP contribution is -2.06. The summed E-state index contributed by atoms with van der Waals surface area (Å²) in [5.74, 6) is 0.0974. The van der Waals surface area contributed by atoms with E-state index in [1.165, 1.54) is 12.1 Å². The van der Waals surface area contributed by atoms with E-state index in [1.807, 2.05) is 0 Å². The van der Waals surface area contributed by atoms with E-state index in [2.05, 4.69) is 0 Å². The maximum Gasteiger partial charge on any atom is 0.416 e. The fourth-order valence-electron chi connectivity index (χ4n) is 1.91. The second-order valence-electron chi connectivity index (χ2n) is 4.63. The molecule has 0 aliphatic heterocycles. The van der Waals surface area contributed by atoms with Crippen LogP contribution in [0, 0.1) is 0 Å². The highest BCUT2D eigenvalue weighted by atomic mass is 35.5. The maximum atomic E-state index is 12.6. The zero-order chi connectivity index (χ0) is 16.3. The Kier molecular flexibility index (Phi) is 5.53. The molecule has 2 aromatic carbocycles. The molecular weight excluding hydrogens is 356 g/mol. The number of benzene rings is 2. The van der Waals surface area contributed by atoms with Gasteiger partial charge in [-0.2, -0.15) is 13.2 Å². The molecule has 0 aliphatic rings. The number of halogens is 5. The van der Waals surface area contributed by atoms with Crippen molar-refractivity contribution in [3.8, 4) is 0 Å². The van der Waals surface area contributed by atoms with Crippen LogP contribution >= 0.6 is 23.2 Å². The van der Waals surface area contributed by atoms with Gasteiger partial charge in [-0.1, -0.05) is 47.5 Å². The first-order valence-electron chi connectivity index (χ1n) is 6.21. The summed E-state index contributed by atoms with van der Waals surface area (Å²) in [4.78, 5) is 0. The molecule has 0 aromatic heterocycles. The molecule has 0 spiro atoms. The second kappa shape index (κ2) is 7.02. The van der Waals surface area contributed by atoms with Crippen LogP contribution in [0.25, 0.3) is 0 Å². The lowest BCUT2D eigenvalue weighted by Gasteiger charge is -2.10. The third-order valence-electron chi connectivity index (χ3n) is 2.95. The summed E-state index contributed by atoms with van der Waals surface area (Å²) in [6.45, 7) is 0. The van der Waals surface area contributed by atoms with Crippen molar-refractivity contribution in [1.29, 1.82) is 0 Å². The molecule has 22 heavy (non-hydrogen) atoms. The smallest absolute Gasteiger partial charge is 0.259 e. The molecule has 2 aromatic rings. The van der Waals surface area contributed by atoms with Crippen molar-refractivity contribution < 1.29 is 17.4 Å². The summed E-state index contributed by atoms with van der Waals surface area (Å²) in [7, 11) is -1.41. The third-order valence-corrected chi connectivity index (χ3v) is 4.92. The van der Waals surface area contributed by atoms with E-state index in [4.69, 9.17) is 23.2 Å². The average Bonchev–Trinajstić information content (AvgIpc) is 2.42. The fourth-order valence-corrected chi connectivity index (χ4v) is 3.88. The van der Waals surface area contributed by atoms with Gasteiger partial charge in [0.2, 0.25) is 0 Å². The van der Waals surface area contributed by atoms with Crippen LogP contribution in [-0.2, 0) is 28.5 Å². The highest BCUT2D eigenvalue weighted by Gasteiger charge is 2.30. The van der Waals surface area contributed by atoms with Crippen molar-refractivity contribution in [3.05, 3.63) is 69.2 Å². The molecule has 0 amide bonds. The first kappa shape index (κ1) is 17.3. The molecule has 0 bridgehead atoms. The Hall–Kier alpha value is -1.04. The van der Waals surface area contributed by atoms with Crippen molar-refractivity contribution in [2.75, 3.05) is 0 Å². The number of hydrogen-bond acceptors (Lipinski definition) is 1. The van der Waals surface area contributed by atoms with Gasteiger partial charge in [0.25, 0.3) is 0 Å². The zero-order valence-electron chi connectivity index (χ0n) is 11.2. The molecule has 1 atom stereocenters. The van der Waals surface area contributed by atoms with Crippen LogP contribution < -0.4 is 0 Å². The minimum absolute atomic E-state index is 0.00543. The molecule has 118 valence electrons. The molecule has 1 unspecified atom stereocenters. The monoisotopic (exact) mass is 366 g/mol. The molecule has 0 saturated carbocycles. The molecule has 1 nitrogen and oxygen atoms in total. The van der Waals surface area contributed by atoms with Gasteiger partial charge >= 0.3 is 6.18 Å². The minimum atomic E-state index is -4.41. The average molecular weight is 367 g/mol. The Bertz CT molecular complexity index is 681. The predicted molar refractivity (Wildman–Crippen MR) is 83.5 cm³/mol. The van der Waals surface area contributed by atoms with Crippen molar-refractivity contribution in [2.45, 2.75) is 17.7 Å². The van der Waals surface area contributed by atoms with E-state index in [1.54, 1.807) is 18.2 Å². The second-order valence-corrected chi connectivity index (χ2v) is 6.90. The molecule has 0 heterocycles. The van der Waals surface area contributed by atoms with E-state index in [0.717, 1.165) is 12.1 Å². The highest BCUT2D eigenvalue weighted by molar-refractivity contribution is 7.83. The summed E-state index contributed by atoms with van der Waals surface area (Å²) in [5, 5.41) is 0.787. The van der Waals surface area contributed by atoms with Crippen LogP contribution in [0.2, 0.25) is 10.0 Å². The lowest BCUT2D eigenvalue weighted by molar-refractivity contribution is -0.137. The fraction of sp³-hybridized carbons (Fsp3) is 0.200. The molecule has 7 heteroatoms. The maximum absolute atomic E-state index is 12.6. The Balaban J connectivity index is 2.13. The predicted octanol–water partition coefficient (Wildman–Crippen LogP) is 5.46. The van der Waals surface area contributed by atoms with Crippen molar-refractivity contribution in [1.82, 2.24) is 0 Å². The van der Waals surface area contributed by atoms with Crippen LogP contribution in [0.3, 0.4) is 0 Å². The van der Waals surface area contributed by atoms with E-state index in [0.29, 0.717) is 21.2 Å². The number of hydrogen-bond donors (Lipinski definition) is 0. The summed E-state index contributed by atoms with van der Waals surface area (Å²) in [6, 6.07) is 9.74. The quantitative estimate of drug-likeness (QED) is 0.701. The number of rotatable bonds is 4. The van der Waals surface area contributed by atoms with Gasteiger partial charge in [-0.3, -0.25) is 4.21 Å². The van der Waals surface area contributed by atoms with Gasteiger partial charge in [0, 0.05) is 32.2 Å². The molecule has 0 fully saturated rings. The number of alkyl halides is 3. The molecular formula is C15H11Cl2F3OS. The van der Waals surface area contributed by atoms with Gasteiger partial charge < -0.3 is 0 Å². The van der Waals surface area contributed by atoms with Crippen molar-refractivity contribution in [3.63, 3.8) is 0 Å². The van der Waals surface area contributed by atoms with Crippen molar-refractivity contribution in [2.24, 2.45) is 0 Å². The Morgan fingerprint density at radius 3 is 2.14 bits per heavy atom. The zero-order valence-corrected chi connectivity index (χ0v) is 13.5. The van der Waals surface area contributed by atoms with Crippen LogP contribution in [0.15, 0.2) is 42.5 Å². The SMILES string of the molecule is O=S(Cc1cccc(C(F)(F)F)c1)Cc1c(Cl)cccc1Cl. The molecule has 2 rings (SSSR count). The Morgan fingerprint density at radius 2 is 1.55 bits per heavy atom. The first-order chi connectivity index (χ1) is 10.3. The molecule has 0 N–H and O–H groups in total. The summed E-state index contributed by atoms with van der Waals surface area (Å²) in [6.07, 6.45) is -4.41. The van der Waals surface area contributed by atoms with Gasteiger partial charge in [0.05, 0.1) is 11.3 Å². The molecule has 0 radical (unpaired) electrons. The third kappa shape index (κ3) is 4.48. The van der Waals surface area contributed by atoms with Gasteiger partial charge in [0.1, 0.15) is 0 Å². The molecule has 0 saturated heterocycles. The van der Waals surface area contributed by atoms with Crippen LogP contribution in [0.5, 0.6) is 0 Å². The largest absolute Gasteiger partial charge is 0.416 e. The van der Waals surface area contributed by atoms with E-state index in [-0.39, 0.29) is 11.5 Å². The lowest BCUT2D eigenvalue weighted by atomic mass is 10.1. The first-order valence-corrected chi connectivity index (χ1v) is 8.46. The van der Waals surface area contributed by atoms with E-state index < -0.39 is 22.5 Å². The standard InChI is InChI=1S/C15H11Cl2F3OS/c16-13-5-2-6-14(17)12(13)9-22(21)8-10-3-1-4-11(7-10)15(18,19)20/h1-7H,8-9H2. The van der Waals surface area contributed by atoms with Crippen LogP contribution in [0.1, 0.15) is 16.7 Å². The highest BCUT2D eigenvalue weighted by Crippen LogP contribution is 2.30. The van der Waals surface area contributed by atoms with Gasteiger partial charge in [0.15, 0.2) is 0 Å². The van der Waals surface area contributed by atoms with Crippen LogP contribution in [0.4, 0.5) is 13.2 Å². The topological polar surface area (TPSA) is 17.1 Å². The molecule has 0 aliphatic carbocycles. The van der Waals surface area contributed by atoms with E-state index in [9.17, 15) is 17.4 Å². The Morgan fingerprint density at radius 1 is 0.955 bits per heavy atom. The van der Waals surface area contributed by atoms with E-state index >= 15 is 0 Å². The van der Waals surface area contributed by atoms with Gasteiger partial charge in [-0.15, -0.1) is 0 Å². The van der Waals surface area contributed by atoms with Gasteiger partial charge in [-0.25, -0.2) is 0 Å². The van der Waals surface area contributed by atoms with Crippen molar-refractivity contribution >= 4 is 34.0 Å². The minimum Gasteiger partial charge on any atom is -0.259 e. The van der Waals surface area contributed by atoms with Gasteiger partial charge in [-0.05, 0) is 23.8 Å². The van der Waals surface area contributed by atoms with Crippen LogP contribution in [-0.4, -0.2) is 4.21 Å². The summed E-state index contributed by atoms with van der Waals surface area (Å²) >= 11 is 12.0. The normalized spacial score (nSPS) is 13.1. The summed E-state index contributed by atoms with van der Waals surface area (Å²) < 4.78 is 50.1. The Labute approximate surface area is 138 Å². The summed E-state index contributed by atoms with van der Waals surface area (Å²) in [5.41, 5.74) is 0.144.